The SMILES string of the molecule is COC(=O)C[C@@H]1c2ccc(Br)cc2CN1C. The van der Waals surface area contributed by atoms with Gasteiger partial charge in [-0.1, -0.05) is 22.0 Å². The monoisotopic (exact) mass is 283 g/mol. The molecule has 1 aromatic rings. The number of hydrogen-bond acceptors (Lipinski definition) is 3. The Kier molecular flexibility index (Phi) is 3.30. The van der Waals surface area contributed by atoms with E-state index in [9.17, 15) is 4.79 Å². The Morgan fingerprint density at radius 1 is 1.62 bits per heavy atom. The van der Waals surface area contributed by atoms with E-state index in [-0.39, 0.29) is 12.0 Å². The molecule has 3 nitrogen and oxygen atoms in total. The molecule has 0 saturated heterocycles. The summed E-state index contributed by atoms with van der Waals surface area (Å²) in [5, 5.41) is 0. The van der Waals surface area contributed by atoms with Crippen molar-refractivity contribution < 1.29 is 9.53 Å². The lowest BCUT2D eigenvalue weighted by atomic mass is 10.0. The van der Waals surface area contributed by atoms with Crippen LogP contribution in [0, 0.1) is 0 Å². The van der Waals surface area contributed by atoms with E-state index in [2.05, 4.69) is 33.0 Å². The Morgan fingerprint density at radius 3 is 3.06 bits per heavy atom. The number of nitrogens with zero attached hydrogens (tertiary/aromatic N) is 1. The van der Waals surface area contributed by atoms with Crippen LogP contribution in [0.2, 0.25) is 0 Å². The van der Waals surface area contributed by atoms with Gasteiger partial charge in [0.1, 0.15) is 0 Å². The minimum atomic E-state index is -0.160. The first-order chi connectivity index (χ1) is 7.61. The molecule has 0 spiro atoms. The fraction of sp³-hybridized carbons (Fsp3) is 0.417. The second-order valence-electron chi connectivity index (χ2n) is 4.05. The van der Waals surface area contributed by atoms with E-state index in [1.165, 1.54) is 18.2 Å². The zero-order valence-electron chi connectivity index (χ0n) is 9.37. The van der Waals surface area contributed by atoms with Crippen LogP contribution in [0.5, 0.6) is 0 Å². The third-order valence-electron chi connectivity index (χ3n) is 3.00. The summed E-state index contributed by atoms with van der Waals surface area (Å²) >= 11 is 3.46. The molecule has 0 bridgehead atoms. The van der Waals surface area contributed by atoms with Gasteiger partial charge in [-0.25, -0.2) is 0 Å². The van der Waals surface area contributed by atoms with Gasteiger partial charge in [-0.3, -0.25) is 9.69 Å². The molecule has 0 saturated carbocycles. The second kappa shape index (κ2) is 4.55. The molecule has 0 aliphatic carbocycles. The smallest absolute Gasteiger partial charge is 0.307 e. The predicted octanol–water partition coefficient (Wildman–Crippen LogP) is 2.50. The molecule has 86 valence electrons. The summed E-state index contributed by atoms with van der Waals surface area (Å²) in [5.41, 5.74) is 2.52. The minimum absolute atomic E-state index is 0.149. The number of rotatable bonds is 2. The molecular formula is C12H14BrNO2. The van der Waals surface area contributed by atoms with Gasteiger partial charge in [0, 0.05) is 17.1 Å². The van der Waals surface area contributed by atoms with Crippen LogP contribution in [-0.4, -0.2) is 25.0 Å². The van der Waals surface area contributed by atoms with E-state index in [1.54, 1.807) is 0 Å². The third-order valence-corrected chi connectivity index (χ3v) is 3.50. The maximum Gasteiger partial charge on any atom is 0.307 e. The van der Waals surface area contributed by atoms with Crippen LogP contribution in [0.25, 0.3) is 0 Å². The predicted molar refractivity (Wildman–Crippen MR) is 65.0 cm³/mol. The number of hydrogen-bond donors (Lipinski definition) is 0. The molecule has 2 rings (SSSR count). The molecule has 0 radical (unpaired) electrons. The second-order valence-corrected chi connectivity index (χ2v) is 4.97. The molecule has 0 N–H and O–H groups in total. The van der Waals surface area contributed by atoms with Gasteiger partial charge in [-0.2, -0.15) is 0 Å². The quantitative estimate of drug-likeness (QED) is 0.781. The van der Waals surface area contributed by atoms with Crippen LogP contribution in [0.1, 0.15) is 23.6 Å². The summed E-state index contributed by atoms with van der Waals surface area (Å²) in [7, 11) is 3.46. The fourth-order valence-electron chi connectivity index (χ4n) is 2.16. The number of carbonyl (C=O) groups is 1. The highest BCUT2D eigenvalue weighted by Crippen LogP contribution is 2.36. The van der Waals surface area contributed by atoms with Crippen molar-refractivity contribution in [3.05, 3.63) is 33.8 Å². The average molecular weight is 284 g/mol. The number of halogens is 1. The highest BCUT2D eigenvalue weighted by molar-refractivity contribution is 9.10. The lowest BCUT2D eigenvalue weighted by Gasteiger charge is -2.18. The maximum atomic E-state index is 11.3. The first-order valence-corrected chi connectivity index (χ1v) is 5.96. The highest BCUT2D eigenvalue weighted by atomic mass is 79.9. The standard InChI is InChI=1S/C12H14BrNO2/c1-14-7-8-5-9(13)3-4-10(8)11(14)6-12(15)16-2/h3-5,11H,6-7H2,1-2H3/t11-/m1/s1. The number of carbonyl (C=O) groups excluding carboxylic acids is 1. The summed E-state index contributed by atoms with van der Waals surface area (Å²) in [6.45, 7) is 0.885. The van der Waals surface area contributed by atoms with E-state index in [4.69, 9.17) is 4.74 Å². The van der Waals surface area contributed by atoms with Crippen molar-refractivity contribution >= 4 is 21.9 Å². The molecular weight excluding hydrogens is 270 g/mol. The van der Waals surface area contributed by atoms with Gasteiger partial charge < -0.3 is 4.74 Å². The number of benzene rings is 1. The van der Waals surface area contributed by atoms with Crippen LogP contribution in [0.3, 0.4) is 0 Å². The summed E-state index contributed by atoms with van der Waals surface area (Å²) in [6.07, 6.45) is 0.418. The van der Waals surface area contributed by atoms with Crippen LogP contribution in [-0.2, 0) is 16.1 Å². The van der Waals surface area contributed by atoms with Crippen molar-refractivity contribution in [1.29, 1.82) is 0 Å². The first kappa shape index (κ1) is 11.6. The largest absolute Gasteiger partial charge is 0.469 e. The number of ether oxygens (including phenoxy) is 1. The molecule has 0 amide bonds. The van der Waals surface area contributed by atoms with Crippen molar-refractivity contribution in [3.63, 3.8) is 0 Å². The molecule has 0 fully saturated rings. The molecule has 0 aromatic heterocycles. The van der Waals surface area contributed by atoms with Gasteiger partial charge >= 0.3 is 5.97 Å². The van der Waals surface area contributed by atoms with E-state index in [1.807, 2.05) is 13.1 Å². The fourth-order valence-corrected chi connectivity index (χ4v) is 2.57. The molecule has 4 heteroatoms. The number of esters is 1. The van der Waals surface area contributed by atoms with Crippen molar-refractivity contribution in [1.82, 2.24) is 4.90 Å². The lowest BCUT2D eigenvalue weighted by molar-refractivity contribution is -0.141. The van der Waals surface area contributed by atoms with Gasteiger partial charge in [-0.15, -0.1) is 0 Å². The van der Waals surface area contributed by atoms with E-state index in [0.717, 1.165) is 11.0 Å². The molecule has 1 aliphatic rings. The van der Waals surface area contributed by atoms with E-state index >= 15 is 0 Å². The summed E-state index contributed by atoms with van der Waals surface area (Å²) in [4.78, 5) is 13.5. The van der Waals surface area contributed by atoms with E-state index < -0.39 is 0 Å². The Bertz CT molecular complexity index is 419. The molecule has 1 atom stereocenters. The molecule has 16 heavy (non-hydrogen) atoms. The van der Waals surface area contributed by atoms with Crippen LogP contribution in [0.4, 0.5) is 0 Å². The first-order valence-electron chi connectivity index (χ1n) is 5.17. The summed E-state index contributed by atoms with van der Waals surface area (Å²) in [6, 6.07) is 6.36. The lowest BCUT2D eigenvalue weighted by Crippen LogP contribution is -2.20. The maximum absolute atomic E-state index is 11.3. The van der Waals surface area contributed by atoms with Crippen LogP contribution >= 0.6 is 15.9 Å². The third kappa shape index (κ3) is 2.13. The Balaban J connectivity index is 2.26. The number of fused-ring (bicyclic) bond motifs is 1. The Morgan fingerprint density at radius 2 is 2.38 bits per heavy atom. The van der Waals surface area contributed by atoms with E-state index in [0.29, 0.717) is 6.42 Å². The topological polar surface area (TPSA) is 29.5 Å². The van der Waals surface area contributed by atoms with Crippen molar-refractivity contribution in [2.75, 3.05) is 14.2 Å². The van der Waals surface area contributed by atoms with Gasteiger partial charge in [0.05, 0.1) is 13.5 Å². The minimum Gasteiger partial charge on any atom is -0.469 e. The van der Waals surface area contributed by atoms with Gasteiger partial charge in [-0.05, 0) is 30.3 Å². The highest BCUT2D eigenvalue weighted by Gasteiger charge is 2.29. The average Bonchev–Trinajstić information content (AvgIpc) is 2.54. The van der Waals surface area contributed by atoms with Crippen molar-refractivity contribution in [2.45, 2.75) is 19.0 Å². The molecule has 1 aliphatic heterocycles. The Labute approximate surface area is 104 Å². The summed E-state index contributed by atoms with van der Waals surface area (Å²) in [5.74, 6) is -0.160. The normalized spacial score (nSPS) is 19.6. The van der Waals surface area contributed by atoms with Gasteiger partial charge in [0.15, 0.2) is 0 Å². The van der Waals surface area contributed by atoms with Crippen molar-refractivity contribution in [3.8, 4) is 0 Å². The van der Waals surface area contributed by atoms with Crippen LogP contribution < -0.4 is 0 Å². The zero-order valence-corrected chi connectivity index (χ0v) is 11.0. The van der Waals surface area contributed by atoms with Gasteiger partial charge in [0.25, 0.3) is 0 Å². The molecule has 0 unspecified atom stereocenters. The summed E-state index contributed by atoms with van der Waals surface area (Å²) < 4.78 is 5.81. The zero-order chi connectivity index (χ0) is 11.7. The van der Waals surface area contributed by atoms with Gasteiger partial charge in [0.2, 0.25) is 0 Å². The number of methoxy groups -OCH3 is 1. The molecule has 1 heterocycles. The van der Waals surface area contributed by atoms with Crippen molar-refractivity contribution in [2.24, 2.45) is 0 Å². The molecule has 1 aromatic carbocycles. The van der Waals surface area contributed by atoms with Crippen LogP contribution in [0.15, 0.2) is 22.7 Å². The Hall–Kier alpha value is -0.870.